The molecule has 3 N–H and O–H groups in total. The van der Waals surface area contributed by atoms with Crippen LogP contribution in [0, 0.1) is 0 Å². The molecule has 0 saturated carbocycles. The normalized spacial score (nSPS) is 11.5. The summed E-state index contributed by atoms with van der Waals surface area (Å²) >= 11 is 3.39. The molecular weight excluding hydrogens is 304 g/mol. The molecule has 0 spiro atoms. The molecule has 1 amide bonds. The third-order valence-corrected chi connectivity index (χ3v) is 2.76. The zero-order chi connectivity index (χ0) is 12.0. The van der Waals surface area contributed by atoms with Gasteiger partial charge in [-0.05, 0) is 31.0 Å². The molecule has 17 heavy (non-hydrogen) atoms. The number of nitrogens with two attached hydrogens (primary N) is 1. The maximum atomic E-state index is 11.3. The van der Waals surface area contributed by atoms with E-state index in [4.69, 9.17) is 5.73 Å². The number of carbonyl (C=O) groups is 1. The van der Waals surface area contributed by atoms with Gasteiger partial charge in [-0.15, -0.1) is 12.4 Å². The second-order valence-corrected chi connectivity index (χ2v) is 4.75. The summed E-state index contributed by atoms with van der Waals surface area (Å²) in [5.74, 6) is 0.0205. The molecule has 1 rings (SSSR count). The number of hydrogen-bond acceptors (Lipinski definition) is 2. The Morgan fingerprint density at radius 3 is 2.53 bits per heavy atom. The average molecular weight is 322 g/mol. The van der Waals surface area contributed by atoms with Crippen molar-refractivity contribution < 1.29 is 4.79 Å². The Hall–Kier alpha value is -0.580. The van der Waals surface area contributed by atoms with Crippen LogP contribution in [0.2, 0.25) is 0 Å². The van der Waals surface area contributed by atoms with Gasteiger partial charge in [0, 0.05) is 23.5 Å². The molecule has 0 bridgehead atoms. The lowest BCUT2D eigenvalue weighted by atomic mass is 10.1. The van der Waals surface area contributed by atoms with Crippen molar-refractivity contribution >= 4 is 34.2 Å². The fraction of sp³-hybridized carbons (Fsp3) is 0.417. The molecule has 0 radical (unpaired) electrons. The van der Waals surface area contributed by atoms with Crippen LogP contribution in [0.5, 0.6) is 0 Å². The lowest BCUT2D eigenvalue weighted by molar-refractivity contribution is -0.121. The summed E-state index contributed by atoms with van der Waals surface area (Å²) in [5.41, 5.74) is 6.52. The first-order valence-electron chi connectivity index (χ1n) is 5.35. The summed E-state index contributed by atoms with van der Waals surface area (Å²) in [6.07, 6.45) is 1.23. The van der Waals surface area contributed by atoms with E-state index in [1.165, 1.54) is 5.56 Å². The maximum absolute atomic E-state index is 11.3. The third-order valence-electron chi connectivity index (χ3n) is 2.23. The van der Waals surface area contributed by atoms with Crippen LogP contribution in [-0.4, -0.2) is 18.5 Å². The number of carbonyl (C=O) groups excluding carboxylic acids is 1. The van der Waals surface area contributed by atoms with E-state index >= 15 is 0 Å². The van der Waals surface area contributed by atoms with Crippen molar-refractivity contribution in [2.75, 3.05) is 6.54 Å². The van der Waals surface area contributed by atoms with E-state index in [2.05, 4.69) is 33.4 Å². The van der Waals surface area contributed by atoms with Crippen LogP contribution in [0.3, 0.4) is 0 Å². The van der Waals surface area contributed by atoms with Gasteiger partial charge in [0.2, 0.25) is 5.91 Å². The van der Waals surface area contributed by atoms with Gasteiger partial charge < -0.3 is 11.1 Å². The molecule has 0 aromatic heterocycles. The quantitative estimate of drug-likeness (QED) is 0.874. The van der Waals surface area contributed by atoms with Gasteiger partial charge in [-0.3, -0.25) is 4.79 Å². The molecule has 0 aliphatic rings. The molecule has 0 saturated heterocycles. The van der Waals surface area contributed by atoms with Gasteiger partial charge in [0.05, 0.1) is 0 Å². The summed E-state index contributed by atoms with van der Waals surface area (Å²) < 4.78 is 1.07. The fourth-order valence-corrected chi connectivity index (χ4v) is 1.77. The van der Waals surface area contributed by atoms with Gasteiger partial charge in [0.15, 0.2) is 0 Å². The van der Waals surface area contributed by atoms with Crippen molar-refractivity contribution in [1.82, 2.24) is 5.32 Å². The van der Waals surface area contributed by atoms with Crippen molar-refractivity contribution in [3.63, 3.8) is 0 Å². The van der Waals surface area contributed by atoms with Crippen LogP contribution in [0.4, 0.5) is 0 Å². The van der Waals surface area contributed by atoms with E-state index in [9.17, 15) is 4.79 Å². The first-order chi connectivity index (χ1) is 7.61. The van der Waals surface area contributed by atoms with Crippen LogP contribution in [-0.2, 0) is 11.2 Å². The predicted octanol–water partition coefficient (Wildman–Crippen LogP) is 2.27. The van der Waals surface area contributed by atoms with E-state index in [1.54, 1.807) is 0 Å². The second-order valence-electron chi connectivity index (χ2n) is 3.84. The van der Waals surface area contributed by atoms with Gasteiger partial charge in [0.1, 0.15) is 0 Å². The van der Waals surface area contributed by atoms with E-state index < -0.39 is 0 Å². The van der Waals surface area contributed by atoms with Crippen LogP contribution in [0.1, 0.15) is 18.9 Å². The number of rotatable bonds is 5. The summed E-state index contributed by atoms with van der Waals surface area (Å²) in [7, 11) is 0. The van der Waals surface area contributed by atoms with Crippen LogP contribution in [0.15, 0.2) is 28.7 Å². The van der Waals surface area contributed by atoms with Crippen molar-refractivity contribution in [3.05, 3.63) is 34.3 Å². The standard InChI is InChI=1S/C12H17BrN2O.ClH/c1-9(15-12(16)6-7-14)8-10-2-4-11(13)5-3-10;/h2-5,9H,6-8,14H2,1H3,(H,15,16);1H. The van der Waals surface area contributed by atoms with Crippen molar-refractivity contribution in [2.45, 2.75) is 25.8 Å². The summed E-state index contributed by atoms with van der Waals surface area (Å²) in [5, 5.41) is 2.91. The van der Waals surface area contributed by atoms with Gasteiger partial charge in [0.25, 0.3) is 0 Å². The van der Waals surface area contributed by atoms with Crippen LogP contribution < -0.4 is 11.1 Å². The van der Waals surface area contributed by atoms with E-state index in [0.717, 1.165) is 10.9 Å². The summed E-state index contributed by atoms with van der Waals surface area (Å²) in [6.45, 7) is 2.40. The van der Waals surface area contributed by atoms with Crippen molar-refractivity contribution in [2.24, 2.45) is 5.73 Å². The highest BCUT2D eigenvalue weighted by atomic mass is 79.9. The number of halogens is 2. The summed E-state index contributed by atoms with van der Waals surface area (Å²) in [4.78, 5) is 11.3. The Morgan fingerprint density at radius 1 is 1.41 bits per heavy atom. The van der Waals surface area contributed by atoms with Gasteiger partial charge in [-0.1, -0.05) is 28.1 Å². The van der Waals surface area contributed by atoms with Gasteiger partial charge in [-0.25, -0.2) is 0 Å². The minimum Gasteiger partial charge on any atom is -0.353 e. The Labute approximate surface area is 117 Å². The maximum Gasteiger partial charge on any atom is 0.221 e. The third kappa shape index (κ3) is 6.66. The number of nitrogens with one attached hydrogen (secondary N) is 1. The molecular formula is C12H18BrClN2O. The Bertz CT molecular complexity index is 343. The second kappa shape index (κ2) is 8.50. The van der Waals surface area contributed by atoms with Crippen molar-refractivity contribution in [3.8, 4) is 0 Å². The van der Waals surface area contributed by atoms with Crippen molar-refractivity contribution in [1.29, 1.82) is 0 Å². The smallest absolute Gasteiger partial charge is 0.221 e. The van der Waals surface area contributed by atoms with E-state index in [1.807, 2.05) is 19.1 Å². The molecule has 0 aliphatic heterocycles. The number of benzene rings is 1. The number of hydrogen-bond donors (Lipinski definition) is 2. The predicted molar refractivity (Wildman–Crippen MR) is 76.4 cm³/mol. The fourth-order valence-electron chi connectivity index (χ4n) is 1.50. The number of amides is 1. The molecule has 0 aliphatic carbocycles. The topological polar surface area (TPSA) is 55.1 Å². The summed E-state index contributed by atoms with van der Waals surface area (Å²) in [6, 6.07) is 8.25. The Balaban J connectivity index is 0.00000256. The SMILES string of the molecule is CC(Cc1ccc(Br)cc1)NC(=O)CCN.Cl. The van der Waals surface area contributed by atoms with Gasteiger partial charge >= 0.3 is 0 Å². The Kier molecular flexibility index (Phi) is 8.21. The molecule has 1 aromatic carbocycles. The molecule has 0 fully saturated rings. The zero-order valence-electron chi connectivity index (χ0n) is 9.78. The molecule has 3 nitrogen and oxygen atoms in total. The highest BCUT2D eigenvalue weighted by Gasteiger charge is 2.07. The molecule has 96 valence electrons. The highest BCUT2D eigenvalue weighted by molar-refractivity contribution is 9.10. The van der Waals surface area contributed by atoms with E-state index in [-0.39, 0.29) is 24.4 Å². The zero-order valence-corrected chi connectivity index (χ0v) is 12.2. The molecule has 1 atom stereocenters. The molecule has 1 aromatic rings. The van der Waals surface area contributed by atoms with Crippen LogP contribution in [0.25, 0.3) is 0 Å². The largest absolute Gasteiger partial charge is 0.353 e. The van der Waals surface area contributed by atoms with Gasteiger partial charge in [-0.2, -0.15) is 0 Å². The lowest BCUT2D eigenvalue weighted by Gasteiger charge is -2.13. The monoisotopic (exact) mass is 320 g/mol. The first kappa shape index (κ1) is 16.4. The lowest BCUT2D eigenvalue weighted by Crippen LogP contribution is -2.35. The van der Waals surface area contributed by atoms with Crippen LogP contribution >= 0.6 is 28.3 Å². The minimum absolute atomic E-state index is 0. The molecule has 1 unspecified atom stereocenters. The highest BCUT2D eigenvalue weighted by Crippen LogP contribution is 2.11. The first-order valence-corrected chi connectivity index (χ1v) is 6.15. The Morgan fingerprint density at radius 2 is 2.00 bits per heavy atom. The molecule has 5 heteroatoms. The molecule has 0 heterocycles. The average Bonchev–Trinajstić information content (AvgIpc) is 2.21. The minimum atomic E-state index is 0. The van der Waals surface area contributed by atoms with E-state index in [0.29, 0.717) is 13.0 Å².